The summed E-state index contributed by atoms with van der Waals surface area (Å²) < 4.78 is 21.4. The number of amides is 12. The molecule has 4 aromatic rings. The Hall–Kier alpha value is -12.0. The number of nitrogens with two attached hydrogens (primary N) is 2. The van der Waals surface area contributed by atoms with Crippen LogP contribution >= 0.6 is 0 Å². The molecular weight excluding hydrogens is 1470 g/mol. The Labute approximate surface area is 651 Å². The van der Waals surface area contributed by atoms with Crippen molar-refractivity contribution in [3.63, 3.8) is 0 Å². The van der Waals surface area contributed by atoms with Gasteiger partial charge in [-0.3, -0.25) is 62.3 Å². The smallest absolute Gasteiger partial charge is 0.305 e. The monoisotopic (exact) mass is 1580 g/mol. The molecule has 113 heavy (non-hydrogen) atoms. The lowest BCUT2D eigenvalue weighted by Crippen LogP contribution is -2.67. The van der Waals surface area contributed by atoms with E-state index in [-0.39, 0.29) is 50.2 Å². The van der Waals surface area contributed by atoms with E-state index < -0.39 is 175 Å². The molecule has 1 saturated heterocycles. The van der Waals surface area contributed by atoms with E-state index in [9.17, 15) is 82.8 Å². The van der Waals surface area contributed by atoms with Crippen LogP contribution in [0.25, 0.3) is 21.6 Å². The Kier molecular flexibility index (Phi) is 37.3. The van der Waals surface area contributed by atoms with Gasteiger partial charge in [-0.05, 0) is 137 Å². The predicted octanol–water partition coefficient (Wildman–Crippen LogP) is 0.260. The van der Waals surface area contributed by atoms with Crippen molar-refractivity contribution in [2.75, 3.05) is 45.9 Å². The van der Waals surface area contributed by atoms with Crippen LogP contribution in [0, 0.1) is 25.2 Å². The van der Waals surface area contributed by atoms with E-state index in [1.165, 1.54) is 18.2 Å². The van der Waals surface area contributed by atoms with Gasteiger partial charge in [0.05, 0.1) is 38.4 Å². The zero-order chi connectivity index (χ0) is 83.5. The Morgan fingerprint density at radius 1 is 0.708 bits per heavy atom. The topological polar surface area (TPSA) is 585 Å². The number of aliphatic hydroxyl groups excluding tert-OH is 3. The maximum absolute atomic E-state index is 15.5. The van der Waals surface area contributed by atoms with E-state index in [1.807, 2.05) is 57.2 Å². The molecule has 0 saturated carbocycles. The van der Waals surface area contributed by atoms with E-state index >= 15 is 4.39 Å². The van der Waals surface area contributed by atoms with Crippen LogP contribution in [0.4, 0.5) is 4.39 Å². The molecule has 38 heteroatoms. The van der Waals surface area contributed by atoms with Crippen LogP contribution in [-0.4, -0.2) is 214 Å². The minimum atomic E-state index is -2.42. The third-order valence-corrected chi connectivity index (χ3v) is 18.2. The summed E-state index contributed by atoms with van der Waals surface area (Å²) in [6, 6.07) is 10.6. The van der Waals surface area contributed by atoms with E-state index in [1.54, 1.807) is 29.2 Å². The summed E-state index contributed by atoms with van der Waals surface area (Å²) in [6.45, 7) is 7.93. The zero-order valence-electron chi connectivity index (χ0n) is 63.8. The number of hydrogen-bond donors (Lipinski definition) is 17. The number of benzene rings is 4. The number of nitrogens with zero attached hydrogens (tertiary/aromatic N) is 6. The molecule has 0 bridgehead atoms. The van der Waals surface area contributed by atoms with Crippen LogP contribution in [0.1, 0.15) is 125 Å². The number of primary amides is 1. The van der Waals surface area contributed by atoms with Gasteiger partial charge in [0.1, 0.15) is 59.4 Å². The minimum Gasteiger partial charge on any atom is -0.494 e. The average Bonchev–Trinajstić information content (AvgIpc) is 1.28. The lowest BCUT2D eigenvalue weighted by atomic mass is 9.90. The third kappa shape index (κ3) is 30.3. The summed E-state index contributed by atoms with van der Waals surface area (Å²) >= 11 is 0. The molecule has 1 heterocycles. The number of likely N-dealkylation sites (tertiary alicyclic amines) is 1. The summed E-state index contributed by atoms with van der Waals surface area (Å²) in [4.78, 5) is 180. The molecule has 1 aliphatic rings. The summed E-state index contributed by atoms with van der Waals surface area (Å²) in [7, 11) is 0. The summed E-state index contributed by atoms with van der Waals surface area (Å²) in [5, 5.41) is 76.0. The van der Waals surface area contributed by atoms with Crippen LogP contribution < -0.4 is 69.5 Å². The van der Waals surface area contributed by atoms with Crippen molar-refractivity contribution in [2.45, 2.75) is 191 Å². The molecule has 0 spiro atoms. The predicted molar refractivity (Wildman–Crippen MR) is 407 cm³/mol. The second-order valence-corrected chi connectivity index (χ2v) is 27.5. The Balaban J connectivity index is 1.32. The molecule has 5 rings (SSSR count). The zero-order valence-corrected chi connectivity index (χ0v) is 63.8. The van der Waals surface area contributed by atoms with Crippen LogP contribution in [0.2, 0.25) is 0 Å². The lowest BCUT2D eigenvalue weighted by Gasteiger charge is -2.34. The fourth-order valence-corrected chi connectivity index (χ4v) is 12.2. The Morgan fingerprint density at radius 2 is 1.35 bits per heavy atom. The number of hydrogen-bond acceptors (Lipinski definition) is 21. The highest BCUT2D eigenvalue weighted by atomic mass is 19.1. The highest BCUT2D eigenvalue weighted by Gasteiger charge is 2.43. The second kappa shape index (κ2) is 46.0. The fraction of sp³-hybridized carbons (Fsp3) is 0.493. The molecule has 37 nitrogen and oxygen atoms in total. The number of rotatable bonds is 47. The van der Waals surface area contributed by atoms with E-state index in [0.29, 0.717) is 76.0 Å². The largest absolute Gasteiger partial charge is 0.494 e. The number of aliphatic carboxylic acids is 1. The van der Waals surface area contributed by atoms with Crippen LogP contribution in [0.15, 0.2) is 100 Å². The first-order valence-electron chi connectivity index (χ1n) is 36.8. The minimum absolute atomic E-state index is 0.0288. The van der Waals surface area contributed by atoms with E-state index in [4.69, 9.17) is 27.4 Å². The second-order valence-electron chi connectivity index (χ2n) is 27.5. The molecule has 1 aliphatic heterocycles. The van der Waals surface area contributed by atoms with Crippen molar-refractivity contribution in [3.8, 4) is 16.9 Å². The molecule has 10 atom stereocenters. The van der Waals surface area contributed by atoms with Gasteiger partial charge in [-0.25, -0.2) is 9.92 Å². The molecule has 19 N–H and O–H groups in total. The van der Waals surface area contributed by atoms with Crippen molar-refractivity contribution in [2.24, 2.45) is 26.9 Å². The van der Waals surface area contributed by atoms with Gasteiger partial charge < -0.3 is 94.8 Å². The first kappa shape index (κ1) is 91.6. The first-order chi connectivity index (χ1) is 53.7. The molecule has 0 aromatic heterocycles. The number of unbranched alkanes of at least 4 members (excludes halogenated alkanes) is 1. The van der Waals surface area contributed by atoms with Gasteiger partial charge >= 0.3 is 5.97 Å². The number of aliphatic hydroxyl groups is 3. The molecule has 0 radical (unpaired) electrons. The molecule has 1 unspecified atom stereocenters. The van der Waals surface area contributed by atoms with Gasteiger partial charge in [-0.1, -0.05) is 89.9 Å². The van der Waals surface area contributed by atoms with Gasteiger partial charge in [0.25, 0.3) is 0 Å². The SMILES string of the molecule is CCc1cc(OCCCCN=[N+]=[N-])ccc1-c1ccc(C[C@H](NC(=O)[C@H](CC(=O)O)NC(=O)[C@H](CO)NC(=O)[C@@H](NC(=O)[C@](C)(Cc2ccccc2F)NC(=O)[C@@H](NC(=O)CNC(=O)[C@H](CC(N=N)=NN)NC(=O)CCNC(=O)CCN2CCCC2=O)[C@@H](C)O)C(C)O)C(=O)N[C@@H](CCCc2cc(C)cc(C)c2)C(N)=O)cc1. The molecule has 4 aromatic carbocycles. The highest BCUT2D eigenvalue weighted by molar-refractivity contribution is 6.01. The average molecular weight is 1580 g/mol. The first-order valence-corrected chi connectivity index (χ1v) is 36.8. The number of halogens is 1. The van der Waals surface area contributed by atoms with Gasteiger partial charge in [0.2, 0.25) is 70.9 Å². The van der Waals surface area contributed by atoms with Crippen molar-refractivity contribution < 1.29 is 91.9 Å². The summed E-state index contributed by atoms with van der Waals surface area (Å²) in [5.74, 6) is -9.23. The standard InChI is InChI=1S/C75H102FN19O18/c1-7-48-36-51(113-31-11-10-27-83-94-80)23-24-52(48)49-21-19-46(20-22-49)35-55(69(107)85-54(67(77)105)17-12-14-47-33-42(2)32-43(3)34-47)86-70(108)57(38-64(103)104)87-71(109)58(41-96)88-72(110)65(44(4)97)90-74(112)75(6,39-50-15-8-9-16-53(50)76)91-73(111)66(45(5)98)89-62(101)40-82-68(106)56(37-59(92-78)93-79)84-61(100)25-28-81-60(99)26-30-95-29-13-18-63(95)102/h8-9,15-16,19-24,32-34,36,44-45,54-58,65-66,78,96-98H,7,10-14,17-18,25-31,35,37-41,79H2,1-6H3,(H2,77,105)(H,81,99)(H,82,106)(H,84,100)(H,85,107)(H,86,108)(H,87,109)(H,88,110)(H,89,101)(H,90,112)(H,91,111)(H,103,104)/t44?,45-,54+,55+,56+,57+,58+,65+,66+,75+/m1/s1. The molecule has 1 fully saturated rings. The van der Waals surface area contributed by atoms with Crippen molar-refractivity contribution in [1.29, 1.82) is 5.53 Å². The van der Waals surface area contributed by atoms with E-state index in [2.05, 4.69) is 73.4 Å². The van der Waals surface area contributed by atoms with Gasteiger partial charge in [-0.15, -0.1) is 5.11 Å². The Bertz CT molecular complexity index is 4100. The number of amidine groups is 1. The maximum atomic E-state index is 15.5. The number of carbonyl (C=O) groups is 13. The highest BCUT2D eigenvalue weighted by Crippen LogP contribution is 2.29. The van der Waals surface area contributed by atoms with Crippen molar-refractivity contribution in [1.82, 2.24) is 58.1 Å². The summed E-state index contributed by atoms with van der Waals surface area (Å²) in [5.41, 5.74) is 25.1. The quantitative estimate of drug-likeness (QED) is 0.00412. The van der Waals surface area contributed by atoms with Crippen LogP contribution in [-0.2, 0) is 88.0 Å². The van der Waals surface area contributed by atoms with Crippen molar-refractivity contribution >= 4 is 82.7 Å². The number of carbonyl (C=O) groups excluding carboxylic acids is 12. The van der Waals surface area contributed by atoms with Gasteiger partial charge in [-0.2, -0.15) is 5.10 Å². The third-order valence-electron chi connectivity index (χ3n) is 18.2. The molecule has 12 amide bonds. The Morgan fingerprint density at radius 3 is 1.96 bits per heavy atom. The number of carboxylic acids is 1. The number of ether oxygens (including phenoxy) is 1. The number of carboxylic acid groups (broad SMARTS) is 1. The van der Waals surface area contributed by atoms with Crippen molar-refractivity contribution in [3.05, 3.63) is 135 Å². The lowest BCUT2D eigenvalue weighted by molar-refractivity contribution is -0.142. The molecule has 0 aliphatic carbocycles. The van der Waals surface area contributed by atoms with Gasteiger partial charge in [0.15, 0.2) is 5.84 Å². The number of aryl methyl sites for hydroxylation is 4. The van der Waals surface area contributed by atoms with E-state index in [0.717, 1.165) is 60.2 Å². The van der Waals surface area contributed by atoms with Crippen LogP contribution in [0.3, 0.4) is 0 Å². The number of hydrazone groups is 1. The molecule has 612 valence electrons. The number of azide groups is 1. The van der Waals surface area contributed by atoms with Crippen LogP contribution in [0.5, 0.6) is 5.75 Å². The molecular formula is C75H102FN19O18. The normalized spacial score (nSPS) is 14.8. The fourth-order valence-electron chi connectivity index (χ4n) is 12.2. The number of nitrogens with one attached hydrogen (secondary N) is 11. The van der Waals surface area contributed by atoms with Gasteiger partial charge in [0, 0.05) is 69.6 Å². The summed E-state index contributed by atoms with van der Waals surface area (Å²) in [6.07, 6.45) is -2.97. The maximum Gasteiger partial charge on any atom is 0.305 e.